The molecule has 0 spiro atoms. The van der Waals surface area contributed by atoms with Gasteiger partial charge in [0.25, 0.3) is 0 Å². The van der Waals surface area contributed by atoms with Crippen LogP contribution in [-0.2, 0) is 9.84 Å². The first-order chi connectivity index (χ1) is 8.25. The Labute approximate surface area is 111 Å². The number of benzene rings is 1. The summed E-state index contributed by atoms with van der Waals surface area (Å²) in [7, 11) is -4.48. The standard InChI is InChI=1S/C12H16F2O2S2/c1-8(2)9(3)17-10-4-6-11(7-5-10)18(15,16)12(13)14/h4-9,12H,1-3H3. The molecule has 0 aliphatic heterocycles. The fourth-order valence-electron chi connectivity index (χ4n) is 1.16. The van der Waals surface area contributed by atoms with Gasteiger partial charge < -0.3 is 0 Å². The van der Waals surface area contributed by atoms with Crippen LogP contribution in [0.5, 0.6) is 0 Å². The fraction of sp³-hybridized carbons (Fsp3) is 0.500. The Kier molecular flexibility index (Phi) is 5.16. The minimum atomic E-state index is -4.48. The van der Waals surface area contributed by atoms with E-state index in [-0.39, 0.29) is 4.90 Å². The van der Waals surface area contributed by atoms with Crippen LogP contribution in [-0.4, -0.2) is 19.4 Å². The summed E-state index contributed by atoms with van der Waals surface area (Å²) in [5.74, 6) is -2.88. The van der Waals surface area contributed by atoms with E-state index in [1.807, 2.05) is 0 Å². The van der Waals surface area contributed by atoms with Gasteiger partial charge in [-0.15, -0.1) is 11.8 Å². The van der Waals surface area contributed by atoms with Crippen LogP contribution in [0, 0.1) is 5.92 Å². The smallest absolute Gasteiger partial charge is 0.218 e. The molecule has 0 fully saturated rings. The number of hydrogen-bond acceptors (Lipinski definition) is 3. The molecule has 1 aromatic carbocycles. The van der Waals surface area contributed by atoms with Crippen LogP contribution in [0.25, 0.3) is 0 Å². The third-order valence-electron chi connectivity index (χ3n) is 2.65. The SMILES string of the molecule is CC(C)C(C)Sc1ccc(S(=O)(=O)C(F)F)cc1. The minimum Gasteiger partial charge on any atom is -0.218 e. The van der Waals surface area contributed by atoms with E-state index in [1.165, 1.54) is 12.1 Å². The van der Waals surface area contributed by atoms with Gasteiger partial charge in [-0.3, -0.25) is 0 Å². The summed E-state index contributed by atoms with van der Waals surface area (Å²) in [5, 5.41) is 0.377. The zero-order valence-corrected chi connectivity index (χ0v) is 12.1. The summed E-state index contributed by atoms with van der Waals surface area (Å²) in [6, 6.07) is 5.60. The zero-order chi connectivity index (χ0) is 13.9. The second-order valence-electron chi connectivity index (χ2n) is 4.34. The molecule has 0 bridgehead atoms. The van der Waals surface area contributed by atoms with Crippen LogP contribution in [0.4, 0.5) is 8.78 Å². The Hall–Kier alpha value is -0.620. The normalized spacial score (nSPS) is 14.2. The molecule has 1 atom stereocenters. The van der Waals surface area contributed by atoms with Crippen molar-refractivity contribution >= 4 is 21.6 Å². The van der Waals surface area contributed by atoms with Gasteiger partial charge in [-0.2, -0.15) is 8.78 Å². The van der Waals surface area contributed by atoms with Crippen molar-refractivity contribution in [2.45, 2.75) is 41.6 Å². The summed E-state index contributed by atoms with van der Waals surface area (Å²) in [5.41, 5.74) is 0. The second-order valence-corrected chi connectivity index (χ2v) is 7.71. The number of halogens is 2. The predicted molar refractivity (Wildman–Crippen MR) is 69.8 cm³/mol. The van der Waals surface area contributed by atoms with Crippen molar-refractivity contribution in [3.63, 3.8) is 0 Å². The minimum absolute atomic E-state index is 0.334. The molecule has 18 heavy (non-hydrogen) atoms. The third-order valence-corrected chi connectivity index (χ3v) is 5.51. The van der Waals surface area contributed by atoms with E-state index in [0.29, 0.717) is 11.2 Å². The van der Waals surface area contributed by atoms with E-state index < -0.39 is 15.6 Å². The Bertz CT molecular complexity index is 481. The molecule has 0 aliphatic carbocycles. The Morgan fingerprint density at radius 1 is 1.06 bits per heavy atom. The van der Waals surface area contributed by atoms with E-state index in [2.05, 4.69) is 20.8 Å². The first-order valence-electron chi connectivity index (χ1n) is 5.54. The molecule has 1 aromatic rings. The number of thioether (sulfide) groups is 1. The van der Waals surface area contributed by atoms with Crippen LogP contribution in [0.2, 0.25) is 0 Å². The van der Waals surface area contributed by atoms with E-state index in [0.717, 1.165) is 4.90 Å². The molecule has 0 aromatic heterocycles. The van der Waals surface area contributed by atoms with Crippen molar-refractivity contribution in [2.75, 3.05) is 0 Å². The molecule has 0 radical (unpaired) electrons. The van der Waals surface area contributed by atoms with Crippen molar-refractivity contribution in [1.82, 2.24) is 0 Å². The lowest BCUT2D eigenvalue weighted by atomic mass is 10.2. The van der Waals surface area contributed by atoms with Crippen molar-refractivity contribution < 1.29 is 17.2 Å². The van der Waals surface area contributed by atoms with E-state index in [1.54, 1.807) is 23.9 Å². The molecule has 1 rings (SSSR count). The average molecular weight is 294 g/mol. The maximum absolute atomic E-state index is 12.3. The van der Waals surface area contributed by atoms with Crippen LogP contribution in [0.3, 0.4) is 0 Å². The van der Waals surface area contributed by atoms with Crippen molar-refractivity contribution in [3.05, 3.63) is 24.3 Å². The molecule has 0 heterocycles. The lowest BCUT2D eigenvalue weighted by Crippen LogP contribution is -2.11. The Balaban J connectivity index is 2.88. The highest BCUT2D eigenvalue weighted by Gasteiger charge is 2.26. The highest BCUT2D eigenvalue weighted by Crippen LogP contribution is 2.29. The Morgan fingerprint density at radius 2 is 1.56 bits per heavy atom. The van der Waals surface area contributed by atoms with Gasteiger partial charge in [0.05, 0.1) is 4.90 Å². The lowest BCUT2D eigenvalue weighted by molar-refractivity contribution is 0.234. The largest absolute Gasteiger partial charge is 0.341 e. The van der Waals surface area contributed by atoms with Crippen LogP contribution in [0.1, 0.15) is 20.8 Å². The van der Waals surface area contributed by atoms with Gasteiger partial charge in [0.2, 0.25) is 9.84 Å². The van der Waals surface area contributed by atoms with Crippen molar-refractivity contribution in [3.8, 4) is 0 Å². The quantitative estimate of drug-likeness (QED) is 0.774. The second kappa shape index (κ2) is 6.02. The molecule has 6 heteroatoms. The van der Waals surface area contributed by atoms with Crippen LogP contribution < -0.4 is 0 Å². The zero-order valence-electron chi connectivity index (χ0n) is 10.4. The van der Waals surface area contributed by atoms with Crippen LogP contribution >= 0.6 is 11.8 Å². The molecule has 0 saturated carbocycles. The van der Waals surface area contributed by atoms with Gasteiger partial charge in [0, 0.05) is 10.1 Å². The third kappa shape index (κ3) is 3.68. The highest BCUT2D eigenvalue weighted by molar-refractivity contribution is 8.00. The van der Waals surface area contributed by atoms with Gasteiger partial charge in [0.15, 0.2) is 0 Å². The molecular weight excluding hydrogens is 278 g/mol. The number of alkyl halides is 2. The lowest BCUT2D eigenvalue weighted by Gasteiger charge is -2.14. The fourth-order valence-corrected chi connectivity index (χ4v) is 2.88. The maximum Gasteiger partial charge on any atom is 0.341 e. The topological polar surface area (TPSA) is 34.1 Å². The average Bonchev–Trinajstić information content (AvgIpc) is 2.29. The summed E-state index contributed by atoms with van der Waals surface area (Å²) in [4.78, 5) is 0.545. The van der Waals surface area contributed by atoms with E-state index >= 15 is 0 Å². The summed E-state index contributed by atoms with van der Waals surface area (Å²) >= 11 is 1.60. The van der Waals surface area contributed by atoms with Crippen molar-refractivity contribution in [1.29, 1.82) is 0 Å². The van der Waals surface area contributed by atoms with Gasteiger partial charge in [-0.05, 0) is 30.2 Å². The van der Waals surface area contributed by atoms with Gasteiger partial charge in [-0.25, -0.2) is 8.42 Å². The predicted octanol–water partition coefficient (Wildman–Crippen LogP) is 3.82. The first-order valence-corrected chi connectivity index (χ1v) is 7.96. The molecule has 0 saturated heterocycles. The summed E-state index contributed by atoms with van der Waals surface area (Å²) < 4.78 is 47.1. The number of sulfone groups is 1. The number of hydrogen-bond donors (Lipinski definition) is 0. The van der Waals surface area contributed by atoms with Gasteiger partial charge >= 0.3 is 5.76 Å². The van der Waals surface area contributed by atoms with Gasteiger partial charge in [0.1, 0.15) is 0 Å². The maximum atomic E-state index is 12.3. The van der Waals surface area contributed by atoms with Crippen molar-refractivity contribution in [2.24, 2.45) is 5.92 Å². The number of rotatable bonds is 5. The molecule has 0 amide bonds. The Morgan fingerprint density at radius 3 is 1.94 bits per heavy atom. The first kappa shape index (κ1) is 15.4. The summed E-state index contributed by atoms with van der Waals surface area (Å²) in [6.45, 7) is 6.25. The van der Waals surface area contributed by atoms with E-state index in [9.17, 15) is 17.2 Å². The molecule has 1 unspecified atom stereocenters. The molecule has 2 nitrogen and oxygen atoms in total. The van der Waals surface area contributed by atoms with Crippen LogP contribution in [0.15, 0.2) is 34.1 Å². The van der Waals surface area contributed by atoms with Gasteiger partial charge in [-0.1, -0.05) is 20.8 Å². The molecule has 0 N–H and O–H groups in total. The monoisotopic (exact) mass is 294 g/mol. The molecule has 102 valence electrons. The molecule has 0 aliphatic rings. The molecular formula is C12H16F2O2S2. The highest BCUT2D eigenvalue weighted by atomic mass is 32.2. The van der Waals surface area contributed by atoms with E-state index in [4.69, 9.17) is 0 Å². The summed E-state index contributed by atoms with van der Waals surface area (Å²) in [6.07, 6.45) is 0.